The Hall–Kier alpha value is -0.620. The van der Waals surface area contributed by atoms with Gasteiger partial charge in [0.25, 0.3) is 0 Å². The summed E-state index contributed by atoms with van der Waals surface area (Å²) in [6.45, 7) is 5.41. The Kier molecular flexibility index (Phi) is 5.54. The number of aryl methyl sites for hydroxylation is 1. The van der Waals surface area contributed by atoms with Gasteiger partial charge in [-0.1, -0.05) is 25.5 Å². The van der Waals surface area contributed by atoms with Gasteiger partial charge in [0.15, 0.2) is 0 Å². The smallest absolute Gasteiger partial charge is 0.243 e. The number of rotatable bonds is 4. The van der Waals surface area contributed by atoms with E-state index in [1.165, 1.54) is 5.56 Å². The van der Waals surface area contributed by atoms with Gasteiger partial charge in [0.05, 0.1) is 4.90 Å². The molecular formula is C16H25ClN2O2S. The van der Waals surface area contributed by atoms with Crippen LogP contribution in [0.4, 0.5) is 0 Å². The van der Waals surface area contributed by atoms with Crippen LogP contribution in [0.2, 0.25) is 0 Å². The molecule has 1 aromatic rings. The molecule has 1 spiro atoms. The highest BCUT2D eigenvalue weighted by Gasteiger charge is 2.44. The summed E-state index contributed by atoms with van der Waals surface area (Å²) in [5.41, 5.74) is 1.38. The number of hydrogen-bond acceptors (Lipinski definition) is 3. The van der Waals surface area contributed by atoms with Crippen LogP contribution in [0.15, 0.2) is 29.2 Å². The lowest BCUT2D eigenvalue weighted by atomic mass is 9.87. The van der Waals surface area contributed by atoms with Crippen molar-refractivity contribution < 1.29 is 8.42 Å². The number of sulfonamides is 1. The molecule has 0 bridgehead atoms. The van der Waals surface area contributed by atoms with Crippen molar-refractivity contribution >= 4 is 22.4 Å². The zero-order chi connectivity index (χ0) is 14.9. The van der Waals surface area contributed by atoms with Gasteiger partial charge in [0.1, 0.15) is 0 Å². The van der Waals surface area contributed by atoms with Crippen LogP contribution in [0.1, 0.15) is 31.7 Å². The molecule has 0 saturated carbocycles. The summed E-state index contributed by atoms with van der Waals surface area (Å²) in [7, 11) is -3.33. The highest BCUT2D eigenvalue weighted by molar-refractivity contribution is 7.89. The second-order valence-electron chi connectivity index (χ2n) is 6.41. The van der Waals surface area contributed by atoms with Gasteiger partial charge in [-0.3, -0.25) is 0 Å². The van der Waals surface area contributed by atoms with E-state index in [1.807, 2.05) is 12.1 Å². The van der Waals surface area contributed by atoms with Crippen molar-refractivity contribution in [2.75, 3.05) is 26.2 Å². The molecule has 1 N–H and O–H groups in total. The Morgan fingerprint density at radius 1 is 1.23 bits per heavy atom. The second-order valence-corrected chi connectivity index (χ2v) is 8.35. The Morgan fingerprint density at radius 3 is 2.55 bits per heavy atom. The first-order chi connectivity index (χ1) is 10.1. The first-order valence-corrected chi connectivity index (χ1v) is 9.30. The van der Waals surface area contributed by atoms with Gasteiger partial charge in [-0.25, -0.2) is 8.42 Å². The van der Waals surface area contributed by atoms with Crippen LogP contribution >= 0.6 is 12.4 Å². The Labute approximate surface area is 139 Å². The molecule has 124 valence electrons. The Morgan fingerprint density at radius 2 is 1.95 bits per heavy atom. The minimum atomic E-state index is -3.33. The zero-order valence-corrected chi connectivity index (χ0v) is 14.7. The van der Waals surface area contributed by atoms with Crippen molar-refractivity contribution in [1.82, 2.24) is 9.62 Å². The average Bonchev–Trinajstić information content (AvgIpc) is 3.11. The molecule has 0 amide bonds. The standard InChI is InChI=1S/C16H24N2O2S.ClH/c1-2-3-14-4-6-15(7-5-14)21(19,20)18-11-9-16(13-18)8-10-17-12-16;/h4-7,17H,2-3,8-13H2,1H3;1H. The molecule has 6 heteroatoms. The Bertz CT molecular complexity index is 595. The minimum Gasteiger partial charge on any atom is -0.316 e. The lowest BCUT2D eigenvalue weighted by molar-refractivity contribution is 0.338. The first-order valence-electron chi connectivity index (χ1n) is 7.86. The molecule has 2 aliphatic heterocycles. The number of halogens is 1. The van der Waals surface area contributed by atoms with Crippen molar-refractivity contribution in [3.63, 3.8) is 0 Å². The van der Waals surface area contributed by atoms with E-state index < -0.39 is 10.0 Å². The van der Waals surface area contributed by atoms with Crippen molar-refractivity contribution in [2.45, 2.75) is 37.5 Å². The largest absolute Gasteiger partial charge is 0.316 e. The summed E-state index contributed by atoms with van der Waals surface area (Å²) >= 11 is 0. The van der Waals surface area contributed by atoms with E-state index in [1.54, 1.807) is 16.4 Å². The van der Waals surface area contributed by atoms with Crippen molar-refractivity contribution in [1.29, 1.82) is 0 Å². The van der Waals surface area contributed by atoms with Gasteiger partial charge in [-0.05, 0) is 48.9 Å². The monoisotopic (exact) mass is 344 g/mol. The normalized spacial score (nSPS) is 25.5. The van der Waals surface area contributed by atoms with E-state index in [4.69, 9.17) is 0 Å². The summed E-state index contributed by atoms with van der Waals surface area (Å²) in [5, 5.41) is 3.37. The first kappa shape index (κ1) is 17.7. The van der Waals surface area contributed by atoms with Crippen LogP contribution in [-0.4, -0.2) is 38.9 Å². The van der Waals surface area contributed by atoms with Crippen LogP contribution in [0, 0.1) is 5.41 Å². The lowest BCUT2D eigenvalue weighted by Gasteiger charge is -2.22. The molecule has 0 aromatic heterocycles. The van der Waals surface area contributed by atoms with Gasteiger partial charge in [0.2, 0.25) is 10.0 Å². The highest BCUT2D eigenvalue weighted by atomic mass is 35.5. The molecule has 2 saturated heterocycles. The van der Waals surface area contributed by atoms with E-state index in [0.717, 1.165) is 38.8 Å². The molecule has 2 aliphatic rings. The second kappa shape index (κ2) is 6.87. The molecule has 1 atom stereocenters. The molecule has 3 rings (SSSR count). The van der Waals surface area contributed by atoms with Crippen LogP contribution in [0.25, 0.3) is 0 Å². The number of hydrogen-bond donors (Lipinski definition) is 1. The number of nitrogens with zero attached hydrogens (tertiary/aromatic N) is 1. The molecular weight excluding hydrogens is 320 g/mol. The summed E-state index contributed by atoms with van der Waals surface area (Å²) in [4.78, 5) is 0.436. The molecule has 1 unspecified atom stereocenters. The molecule has 1 aromatic carbocycles. The number of benzene rings is 1. The van der Waals surface area contributed by atoms with E-state index in [2.05, 4.69) is 12.2 Å². The fourth-order valence-corrected chi connectivity index (χ4v) is 5.06. The molecule has 4 nitrogen and oxygen atoms in total. The van der Waals surface area contributed by atoms with Crippen molar-refractivity contribution in [3.8, 4) is 0 Å². The van der Waals surface area contributed by atoms with Gasteiger partial charge >= 0.3 is 0 Å². The highest BCUT2D eigenvalue weighted by Crippen LogP contribution is 2.38. The quantitative estimate of drug-likeness (QED) is 0.912. The SMILES string of the molecule is CCCc1ccc(S(=O)(=O)N2CCC3(CCNC3)C2)cc1.Cl. The van der Waals surface area contributed by atoms with Crippen LogP contribution in [-0.2, 0) is 16.4 Å². The molecule has 0 radical (unpaired) electrons. The zero-order valence-electron chi connectivity index (χ0n) is 13.0. The average molecular weight is 345 g/mol. The van der Waals surface area contributed by atoms with Gasteiger partial charge in [-0.15, -0.1) is 12.4 Å². The molecule has 2 fully saturated rings. The predicted molar refractivity (Wildman–Crippen MR) is 91.0 cm³/mol. The van der Waals surface area contributed by atoms with E-state index in [-0.39, 0.29) is 17.8 Å². The maximum Gasteiger partial charge on any atom is 0.243 e. The van der Waals surface area contributed by atoms with Crippen LogP contribution in [0.3, 0.4) is 0 Å². The van der Waals surface area contributed by atoms with Crippen molar-refractivity contribution in [2.24, 2.45) is 5.41 Å². The third-order valence-electron chi connectivity index (χ3n) is 4.84. The third-order valence-corrected chi connectivity index (χ3v) is 6.69. The van der Waals surface area contributed by atoms with E-state index >= 15 is 0 Å². The van der Waals surface area contributed by atoms with Crippen LogP contribution < -0.4 is 5.32 Å². The van der Waals surface area contributed by atoms with Gasteiger partial charge in [0, 0.05) is 19.6 Å². The maximum atomic E-state index is 12.7. The summed E-state index contributed by atoms with van der Waals surface area (Å²) in [6, 6.07) is 7.41. The Balaban J connectivity index is 0.00000176. The number of nitrogens with one attached hydrogen (secondary N) is 1. The summed E-state index contributed by atoms with van der Waals surface area (Å²) in [6.07, 6.45) is 4.15. The van der Waals surface area contributed by atoms with E-state index in [9.17, 15) is 8.42 Å². The maximum absolute atomic E-state index is 12.7. The minimum absolute atomic E-state index is 0. The molecule has 0 aliphatic carbocycles. The summed E-state index contributed by atoms with van der Waals surface area (Å²) < 4.78 is 27.2. The van der Waals surface area contributed by atoms with E-state index in [0.29, 0.717) is 18.0 Å². The van der Waals surface area contributed by atoms with Gasteiger partial charge < -0.3 is 5.32 Å². The predicted octanol–water partition coefficient (Wildman–Crippen LogP) is 2.44. The molecule has 2 heterocycles. The fraction of sp³-hybridized carbons (Fsp3) is 0.625. The third kappa shape index (κ3) is 3.32. The molecule has 22 heavy (non-hydrogen) atoms. The van der Waals surface area contributed by atoms with Crippen LogP contribution in [0.5, 0.6) is 0 Å². The fourth-order valence-electron chi connectivity index (χ4n) is 3.51. The van der Waals surface area contributed by atoms with Gasteiger partial charge in [-0.2, -0.15) is 4.31 Å². The lowest BCUT2D eigenvalue weighted by Crippen LogP contribution is -2.33. The van der Waals surface area contributed by atoms with Crippen molar-refractivity contribution in [3.05, 3.63) is 29.8 Å². The summed E-state index contributed by atoms with van der Waals surface area (Å²) in [5.74, 6) is 0. The topological polar surface area (TPSA) is 49.4 Å².